The molecule has 0 fully saturated rings. The number of rotatable bonds is 0. The van der Waals surface area contributed by atoms with E-state index < -0.39 is 16.5 Å². The Morgan fingerprint density at radius 2 is 2.25 bits per heavy atom. The van der Waals surface area contributed by atoms with Crippen LogP contribution in [0.3, 0.4) is 0 Å². The highest BCUT2D eigenvalue weighted by Gasteiger charge is 2.20. The lowest BCUT2D eigenvalue weighted by Crippen LogP contribution is -2.00. The molecule has 0 bridgehead atoms. The lowest BCUT2D eigenvalue weighted by molar-refractivity contribution is 0.131. The molecular formula is C3H3FO3S. The Balaban J connectivity index is 2.89. The molecule has 1 rings (SSSR count). The Hall–Kier alpha value is -0.420. The fourth-order valence-corrected chi connectivity index (χ4v) is 1.05. The first-order valence-electron chi connectivity index (χ1n) is 1.86. The van der Waals surface area contributed by atoms with Crippen molar-refractivity contribution in [3.05, 3.63) is 11.5 Å². The maximum absolute atomic E-state index is 11.7. The molecule has 0 aliphatic carbocycles. The van der Waals surface area contributed by atoms with Gasteiger partial charge in [0.2, 0.25) is 6.36 Å². The minimum atomic E-state index is -3.65. The van der Waals surface area contributed by atoms with Crippen LogP contribution in [0.1, 0.15) is 0 Å². The van der Waals surface area contributed by atoms with Crippen LogP contribution >= 0.6 is 0 Å². The molecule has 0 radical (unpaired) electrons. The van der Waals surface area contributed by atoms with Crippen LogP contribution in [-0.4, -0.2) is 14.8 Å². The van der Waals surface area contributed by atoms with Crippen molar-refractivity contribution in [2.45, 2.75) is 6.36 Å². The third kappa shape index (κ3) is 1.05. The van der Waals surface area contributed by atoms with Gasteiger partial charge in [-0.05, 0) is 6.08 Å². The van der Waals surface area contributed by atoms with E-state index in [-0.39, 0.29) is 0 Å². The SMILES string of the molecule is O=S1(=O)C=CC(F)O1. The van der Waals surface area contributed by atoms with Crippen molar-refractivity contribution in [2.24, 2.45) is 0 Å². The zero-order valence-corrected chi connectivity index (χ0v) is 4.56. The molecule has 0 spiro atoms. The molecule has 1 heterocycles. The molecule has 0 saturated carbocycles. The molecule has 0 aromatic rings. The van der Waals surface area contributed by atoms with Crippen LogP contribution in [0.25, 0.3) is 0 Å². The lowest BCUT2D eigenvalue weighted by atomic mass is 10.7. The fourth-order valence-electron chi connectivity index (χ4n) is 0.350. The molecule has 46 valence electrons. The predicted octanol–water partition coefficient (Wildman–Crippen LogP) is 0.156. The molecule has 0 amide bonds. The van der Waals surface area contributed by atoms with Crippen LogP contribution in [-0.2, 0) is 14.3 Å². The zero-order chi connectivity index (χ0) is 6.20. The van der Waals surface area contributed by atoms with Gasteiger partial charge in [-0.15, -0.1) is 0 Å². The van der Waals surface area contributed by atoms with Crippen LogP contribution in [0.15, 0.2) is 11.5 Å². The molecule has 8 heavy (non-hydrogen) atoms. The van der Waals surface area contributed by atoms with E-state index in [4.69, 9.17) is 0 Å². The van der Waals surface area contributed by atoms with E-state index in [1.807, 2.05) is 0 Å². The van der Waals surface area contributed by atoms with Gasteiger partial charge in [0.25, 0.3) is 10.1 Å². The van der Waals surface area contributed by atoms with Crippen molar-refractivity contribution in [3.8, 4) is 0 Å². The van der Waals surface area contributed by atoms with Crippen molar-refractivity contribution in [3.63, 3.8) is 0 Å². The van der Waals surface area contributed by atoms with Crippen LogP contribution in [0.2, 0.25) is 0 Å². The van der Waals surface area contributed by atoms with Crippen molar-refractivity contribution in [1.82, 2.24) is 0 Å². The van der Waals surface area contributed by atoms with E-state index >= 15 is 0 Å². The van der Waals surface area contributed by atoms with E-state index in [0.717, 1.165) is 6.08 Å². The van der Waals surface area contributed by atoms with Gasteiger partial charge in [-0.1, -0.05) is 0 Å². The van der Waals surface area contributed by atoms with Crippen LogP contribution in [0.4, 0.5) is 4.39 Å². The first kappa shape index (κ1) is 5.71. The monoisotopic (exact) mass is 138 g/mol. The number of hydrogen-bond donors (Lipinski definition) is 0. The fraction of sp³-hybridized carbons (Fsp3) is 0.333. The molecule has 0 aromatic carbocycles. The highest BCUT2D eigenvalue weighted by atomic mass is 32.2. The summed E-state index contributed by atoms with van der Waals surface area (Å²) in [5, 5.41) is 0.692. The van der Waals surface area contributed by atoms with Gasteiger partial charge in [-0.2, -0.15) is 8.42 Å². The maximum Gasteiger partial charge on any atom is 0.292 e. The average molecular weight is 138 g/mol. The van der Waals surface area contributed by atoms with Gasteiger partial charge in [0.1, 0.15) is 0 Å². The van der Waals surface area contributed by atoms with Gasteiger partial charge < -0.3 is 0 Å². The summed E-state index contributed by atoms with van der Waals surface area (Å²) in [5.74, 6) is 0. The van der Waals surface area contributed by atoms with E-state index in [1.54, 1.807) is 0 Å². The highest BCUT2D eigenvalue weighted by molar-refractivity contribution is 7.89. The van der Waals surface area contributed by atoms with Crippen LogP contribution < -0.4 is 0 Å². The first-order valence-corrected chi connectivity index (χ1v) is 3.33. The molecule has 3 nitrogen and oxygen atoms in total. The minimum Gasteiger partial charge on any atom is -0.226 e. The third-order valence-corrected chi connectivity index (χ3v) is 1.57. The quantitative estimate of drug-likeness (QED) is 0.448. The van der Waals surface area contributed by atoms with Crippen molar-refractivity contribution in [2.75, 3.05) is 0 Å². The Morgan fingerprint density at radius 3 is 2.38 bits per heavy atom. The van der Waals surface area contributed by atoms with Crippen molar-refractivity contribution < 1.29 is 17.0 Å². The third-order valence-electron chi connectivity index (χ3n) is 0.623. The second kappa shape index (κ2) is 1.53. The van der Waals surface area contributed by atoms with Crippen molar-refractivity contribution >= 4 is 10.1 Å². The normalized spacial score (nSPS) is 33.4. The summed E-state index contributed by atoms with van der Waals surface area (Å²) in [5.41, 5.74) is 0. The summed E-state index contributed by atoms with van der Waals surface area (Å²) in [4.78, 5) is 0. The van der Waals surface area contributed by atoms with E-state index in [2.05, 4.69) is 4.18 Å². The molecule has 1 unspecified atom stereocenters. The molecule has 5 heteroatoms. The average Bonchev–Trinajstić information content (AvgIpc) is 1.82. The van der Waals surface area contributed by atoms with Crippen LogP contribution in [0.5, 0.6) is 0 Å². The molecule has 1 atom stereocenters. The van der Waals surface area contributed by atoms with Crippen LogP contribution in [0, 0.1) is 0 Å². The zero-order valence-electron chi connectivity index (χ0n) is 3.74. The summed E-state index contributed by atoms with van der Waals surface area (Å²) in [6, 6.07) is 0. The van der Waals surface area contributed by atoms with Gasteiger partial charge in [0.05, 0.1) is 5.41 Å². The van der Waals surface area contributed by atoms with Gasteiger partial charge in [0, 0.05) is 0 Å². The standard InChI is InChI=1S/C3H3FO3S/c4-3-1-2-8(5,6)7-3/h1-3H. The number of alkyl halides is 1. The lowest BCUT2D eigenvalue weighted by Gasteiger charge is -1.90. The summed E-state index contributed by atoms with van der Waals surface area (Å²) in [6.07, 6.45) is -0.949. The Kier molecular flexibility index (Phi) is 1.09. The number of hydrogen-bond acceptors (Lipinski definition) is 3. The van der Waals surface area contributed by atoms with Crippen molar-refractivity contribution in [1.29, 1.82) is 0 Å². The van der Waals surface area contributed by atoms with Gasteiger partial charge in [-0.25, -0.2) is 8.57 Å². The van der Waals surface area contributed by atoms with E-state index in [1.165, 1.54) is 0 Å². The topological polar surface area (TPSA) is 43.4 Å². The second-order valence-electron chi connectivity index (χ2n) is 1.27. The predicted molar refractivity (Wildman–Crippen MR) is 24.0 cm³/mol. The van der Waals surface area contributed by atoms with Gasteiger partial charge >= 0.3 is 0 Å². The summed E-state index contributed by atoms with van der Waals surface area (Å²) < 4.78 is 35.7. The Labute approximate surface area is 45.9 Å². The highest BCUT2D eigenvalue weighted by Crippen LogP contribution is 2.12. The minimum absolute atomic E-state index is 0.692. The Bertz CT molecular complexity index is 205. The smallest absolute Gasteiger partial charge is 0.226 e. The molecule has 0 N–H and O–H groups in total. The largest absolute Gasteiger partial charge is 0.292 e. The molecule has 0 aromatic heterocycles. The van der Waals surface area contributed by atoms with Gasteiger partial charge in [-0.3, -0.25) is 0 Å². The second-order valence-corrected chi connectivity index (χ2v) is 2.72. The number of halogens is 1. The van der Waals surface area contributed by atoms with E-state index in [0.29, 0.717) is 5.41 Å². The molecule has 0 saturated heterocycles. The molecule has 1 aliphatic rings. The summed E-state index contributed by atoms with van der Waals surface area (Å²) >= 11 is 0. The Morgan fingerprint density at radius 1 is 1.62 bits per heavy atom. The first-order chi connectivity index (χ1) is 3.60. The molecular weight excluding hydrogens is 135 g/mol. The maximum atomic E-state index is 11.7. The van der Waals surface area contributed by atoms with Gasteiger partial charge in [0.15, 0.2) is 0 Å². The molecule has 1 aliphatic heterocycles. The van der Waals surface area contributed by atoms with E-state index in [9.17, 15) is 12.8 Å². The summed E-state index contributed by atoms with van der Waals surface area (Å²) in [6.45, 7) is 0. The summed E-state index contributed by atoms with van der Waals surface area (Å²) in [7, 11) is -3.65.